The Morgan fingerprint density at radius 3 is 2.14 bits per heavy atom. The van der Waals surface area contributed by atoms with Gasteiger partial charge in [0.1, 0.15) is 0 Å². The highest BCUT2D eigenvalue weighted by Gasteiger charge is 2.26. The van der Waals surface area contributed by atoms with Crippen LogP contribution < -0.4 is 0 Å². The molecule has 0 saturated carbocycles. The molecule has 0 aliphatic carbocycles. The van der Waals surface area contributed by atoms with Gasteiger partial charge in [-0.2, -0.15) is 0 Å². The summed E-state index contributed by atoms with van der Waals surface area (Å²) in [5.41, 5.74) is 0.973. The molecular formula is C17H16ClNO3. The zero-order valence-electron chi connectivity index (χ0n) is 12.3. The monoisotopic (exact) mass is 317 g/mol. The van der Waals surface area contributed by atoms with E-state index in [0.29, 0.717) is 16.1 Å². The number of amides is 1. The van der Waals surface area contributed by atoms with E-state index < -0.39 is 12.1 Å². The molecule has 0 fully saturated rings. The smallest absolute Gasteiger partial charge is 0.339 e. The number of nitrogens with zero attached hydrogens (tertiary/aromatic N) is 1. The fraction of sp³-hybridized carbons (Fsp3) is 0.176. The quantitative estimate of drug-likeness (QED) is 0.813. The first-order valence-corrected chi connectivity index (χ1v) is 7.09. The van der Waals surface area contributed by atoms with E-state index in [1.54, 1.807) is 62.6 Å². The molecule has 0 aliphatic heterocycles. The molecule has 5 heteroatoms. The molecule has 1 atom stereocenters. The summed E-state index contributed by atoms with van der Waals surface area (Å²) >= 11 is 5.80. The molecule has 1 amide bonds. The molecule has 0 aromatic heterocycles. The van der Waals surface area contributed by atoms with Crippen molar-refractivity contribution in [3.63, 3.8) is 0 Å². The Balaban J connectivity index is 2.25. The summed E-state index contributed by atoms with van der Waals surface area (Å²) in [6.07, 6.45) is -0.973. The standard InChI is InChI=1S/C17H16ClNO3/c1-19(2)16(20)15(12-6-4-3-5-7-12)22-17(21)13-8-10-14(18)11-9-13/h3-11,15H,1-2H3/t15-/m0/s1. The maximum absolute atomic E-state index is 12.3. The van der Waals surface area contributed by atoms with E-state index in [1.807, 2.05) is 6.07 Å². The highest BCUT2D eigenvalue weighted by molar-refractivity contribution is 6.30. The van der Waals surface area contributed by atoms with Gasteiger partial charge in [-0.1, -0.05) is 41.9 Å². The van der Waals surface area contributed by atoms with Crippen molar-refractivity contribution in [3.05, 3.63) is 70.7 Å². The van der Waals surface area contributed by atoms with Crippen molar-refractivity contribution in [2.75, 3.05) is 14.1 Å². The third kappa shape index (κ3) is 3.86. The van der Waals surface area contributed by atoms with Gasteiger partial charge in [0, 0.05) is 24.7 Å². The predicted molar refractivity (Wildman–Crippen MR) is 84.7 cm³/mol. The van der Waals surface area contributed by atoms with Crippen LogP contribution in [0.1, 0.15) is 22.0 Å². The van der Waals surface area contributed by atoms with Crippen molar-refractivity contribution in [2.45, 2.75) is 6.10 Å². The van der Waals surface area contributed by atoms with Crippen LogP contribution >= 0.6 is 11.6 Å². The lowest BCUT2D eigenvalue weighted by Crippen LogP contribution is -2.31. The van der Waals surface area contributed by atoms with Crippen molar-refractivity contribution in [2.24, 2.45) is 0 Å². The molecule has 0 N–H and O–H groups in total. The number of benzene rings is 2. The first kappa shape index (κ1) is 16.0. The van der Waals surface area contributed by atoms with Crippen LogP contribution in [0.25, 0.3) is 0 Å². The van der Waals surface area contributed by atoms with E-state index >= 15 is 0 Å². The van der Waals surface area contributed by atoms with Crippen molar-refractivity contribution in [3.8, 4) is 0 Å². The van der Waals surface area contributed by atoms with Gasteiger partial charge < -0.3 is 9.64 Å². The Morgan fingerprint density at radius 1 is 1.00 bits per heavy atom. The maximum Gasteiger partial charge on any atom is 0.339 e. The van der Waals surface area contributed by atoms with Gasteiger partial charge in [-0.15, -0.1) is 0 Å². The molecule has 0 saturated heterocycles. The van der Waals surface area contributed by atoms with Crippen molar-refractivity contribution in [1.29, 1.82) is 0 Å². The maximum atomic E-state index is 12.3. The molecule has 0 unspecified atom stereocenters. The fourth-order valence-electron chi connectivity index (χ4n) is 1.88. The SMILES string of the molecule is CN(C)C(=O)[C@@H](OC(=O)c1ccc(Cl)cc1)c1ccccc1. The summed E-state index contributed by atoms with van der Waals surface area (Å²) in [6.45, 7) is 0. The first-order valence-electron chi connectivity index (χ1n) is 6.71. The van der Waals surface area contributed by atoms with E-state index in [9.17, 15) is 9.59 Å². The van der Waals surface area contributed by atoms with Crippen LogP contribution in [0.4, 0.5) is 0 Å². The molecule has 0 heterocycles. The number of carbonyl (C=O) groups is 2. The molecule has 0 radical (unpaired) electrons. The topological polar surface area (TPSA) is 46.6 Å². The lowest BCUT2D eigenvalue weighted by molar-refractivity contribution is -0.138. The van der Waals surface area contributed by atoms with Crippen LogP contribution in [0.15, 0.2) is 54.6 Å². The molecule has 2 aromatic rings. The summed E-state index contributed by atoms with van der Waals surface area (Å²) in [5.74, 6) is -0.866. The van der Waals surface area contributed by atoms with Gasteiger partial charge in [-0.05, 0) is 24.3 Å². The Labute approximate surface area is 134 Å². The second-order valence-corrected chi connectivity index (χ2v) is 5.37. The Hall–Kier alpha value is -2.33. The molecule has 2 rings (SSSR count). The first-order chi connectivity index (χ1) is 10.5. The molecule has 0 spiro atoms. The Kier molecular flexibility index (Phi) is 5.17. The highest BCUT2D eigenvalue weighted by Crippen LogP contribution is 2.21. The number of ether oxygens (including phenoxy) is 1. The van der Waals surface area contributed by atoms with Gasteiger partial charge in [-0.3, -0.25) is 4.79 Å². The highest BCUT2D eigenvalue weighted by atomic mass is 35.5. The van der Waals surface area contributed by atoms with E-state index in [0.717, 1.165) is 0 Å². The van der Waals surface area contributed by atoms with Gasteiger partial charge in [-0.25, -0.2) is 4.79 Å². The lowest BCUT2D eigenvalue weighted by atomic mass is 10.1. The van der Waals surface area contributed by atoms with E-state index in [4.69, 9.17) is 16.3 Å². The van der Waals surface area contributed by atoms with Crippen LogP contribution in [0.3, 0.4) is 0 Å². The average molecular weight is 318 g/mol. The Morgan fingerprint density at radius 2 is 1.59 bits per heavy atom. The van der Waals surface area contributed by atoms with Crippen LogP contribution in [0, 0.1) is 0 Å². The summed E-state index contributed by atoms with van der Waals surface area (Å²) in [4.78, 5) is 25.9. The predicted octanol–water partition coefficient (Wildman–Crippen LogP) is 3.33. The molecular weight excluding hydrogens is 302 g/mol. The van der Waals surface area contributed by atoms with Gasteiger partial charge in [0.2, 0.25) is 6.10 Å². The zero-order valence-corrected chi connectivity index (χ0v) is 13.1. The normalized spacial score (nSPS) is 11.6. The minimum Gasteiger partial charge on any atom is -0.444 e. The third-order valence-electron chi connectivity index (χ3n) is 3.07. The summed E-state index contributed by atoms with van der Waals surface area (Å²) in [5, 5.41) is 0.528. The number of carbonyl (C=O) groups excluding carboxylic acids is 2. The largest absolute Gasteiger partial charge is 0.444 e. The van der Waals surface area contributed by atoms with Gasteiger partial charge >= 0.3 is 5.97 Å². The van der Waals surface area contributed by atoms with Crippen LogP contribution in [-0.2, 0) is 9.53 Å². The van der Waals surface area contributed by atoms with Crippen molar-refractivity contribution in [1.82, 2.24) is 4.90 Å². The molecule has 0 bridgehead atoms. The molecule has 4 nitrogen and oxygen atoms in total. The van der Waals surface area contributed by atoms with E-state index in [2.05, 4.69) is 0 Å². The third-order valence-corrected chi connectivity index (χ3v) is 3.32. The minimum atomic E-state index is -0.973. The van der Waals surface area contributed by atoms with E-state index in [-0.39, 0.29) is 5.91 Å². The van der Waals surface area contributed by atoms with Gasteiger partial charge in [0.05, 0.1) is 5.56 Å². The van der Waals surface area contributed by atoms with Crippen molar-refractivity contribution < 1.29 is 14.3 Å². The number of likely N-dealkylation sites (N-methyl/N-ethyl adjacent to an activating group) is 1. The number of hydrogen-bond donors (Lipinski definition) is 0. The van der Waals surface area contributed by atoms with Crippen LogP contribution in [0.2, 0.25) is 5.02 Å². The molecule has 114 valence electrons. The second-order valence-electron chi connectivity index (χ2n) is 4.94. The molecule has 22 heavy (non-hydrogen) atoms. The second kappa shape index (κ2) is 7.09. The average Bonchev–Trinajstić information content (AvgIpc) is 2.53. The summed E-state index contributed by atoms with van der Waals surface area (Å²) < 4.78 is 5.41. The van der Waals surface area contributed by atoms with Crippen LogP contribution in [0.5, 0.6) is 0 Å². The summed E-state index contributed by atoms with van der Waals surface area (Å²) in [7, 11) is 3.24. The zero-order chi connectivity index (χ0) is 16.1. The lowest BCUT2D eigenvalue weighted by Gasteiger charge is -2.21. The summed E-state index contributed by atoms with van der Waals surface area (Å²) in [6, 6.07) is 15.2. The fourth-order valence-corrected chi connectivity index (χ4v) is 2.01. The number of halogens is 1. The minimum absolute atomic E-state index is 0.298. The number of hydrogen-bond acceptors (Lipinski definition) is 3. The Bertz CT molecular complexity index is 653. The van der Waals surface area contributed by atoms with Gasteiger partial charge in [0.25, 0.3) is 5.91 Å². The molecule has 2 aromatic carbocycles. The van der Waals surface area contributed by atoms with E-state index in [1.165, 1.54) is 4.90 Å². The van der Waals surface area contributed by atoms with Crippen LogP contribution in [-0.4, -0.2) is 30.9 Å². The van der Waals surface area contributed by atoms with Crippen molar-refractivity contribution >= 4 is 23.5 Å². The molecule has 0 aliphatic rings. The number of rotatable bonds is 4. The number of esters is 1. The van der Waals surface area contributed by atoms with Gasteiger partial charge in [0.15, 0.2) is 0 Å².